The summed E-state index contributed by atoms with van der Waals surface area (Å²) < 4.78 is 2.39. The quantitative estimate of drug-likeness (QED) is 0.167. The first-order valence-electron chi connectivity index (χ1n) is 18.7. The lowest BCUT2D eigenvalue weighted by Crippen LogP contribution is -1.97. The smallest absolute Gasteiger partial charge is 0.160 e. The maximum Gasteiger partial charge on any atom is 0.160 e. The highest BCUT2D eigenvalue weighted by molar-refractivity contribution is 6.28. The number of aromatic nitrogens is 3. The first-order chi connectivity index (χ1) is 27.3. The molecule has 55 heavy (non-hydrogen) atoms. The number of nitrogens with zero attached hydrogens (tertiary/aromatic N) is 3. The van der Waals surface area contributed by atoms with E-state index < -0.39 is 0 Å². The van der Waals surface area contributed by atoms with Crippen molar-refractivity contribution in [3.63, 3.8) is 0 Å². The predicted octanol–water partition coefficient (Wildman–Crippen LogP) is 13.7. The molecule has 0 saturated carbocycles. The van der Waals surface area contributed by atoms with Gasteiger partial charge in [-0.05, 0) is 79.8 Å². The molecule has 0 saturated heterocycles. The summed E-state index contributed by atoms with van der Waals surface area (Å²) in [5.41, 5.74) is 10.9. The molecular weight excluding hydrogens is 667 g/mol. The molecule has 11 rings (SSSR count). The van der Waals surface area contributed by atoms with Crippen LogP contribution in [0.1, 0.15) is 0 Å². The molecule has 0 aliphatic rings. The van der Waals surface area contributed by atoms with Gasteiger partial charge in [0.2, 0.25) is 0 Å². The molecule has 0 fully saturated rings. The number of fused-ring (bicyclic) bond motifs is 9. The van der Waals surface area contributed by atoms with Crippen LogP contribution in [-0.4, -0.2) is 14.5 Å². The lowest BCUT2D eigenvalue weighted by atomic mass is 9.89. The van der Waals surface area contributed by atoms with Crippen LogP contribution in [0.4, 0.5) is 0 Å². The molecule has 3 heteroatoms. The van der Waals surface area contributed by atoms with Crippen LogP contribution in [0.2, 0.25) is 0 Å². The van der Waals surface area contributed by atoms with Gasteiger partial charge in [0, 0.05) is 33.2 Å². The van der Waals surface area contributed by atoms with E-state index in [1.54, 1.807) is 0 Å². The van der Waals surface area contributed by atoms with Crippen molar-refractivity contribution in [2.24, 2.45) is 0 Å². The Hall–Kier alpha value is -7.36. The Morgan fingerprint density at radius 2 is 0.855 bits per heavy atom. The van der Waals surface area contributed by atoms with Gasteiger partial charge in [-0.2, -0.15) is 0 Å². The van der Waals surface area contributed by atoms with Crippen LogP contribution in [0.5, 0.6) is 0 Å². The first-order valence-corrected chi connectivity index (χ1v) is 18.7. The number of hydrogen-bond donors (Lipinski definition) is 0. The normalized spacial score (nSPS) is 11.6. The van der Waals surface area contributed by atoms with E-state index in [1.165, 1.54) is 65.3 Å². The summed E-state index contributed by atoms with van der Waals surface area (Å²) in [5, 5.41) is 9.80. The second-order valence-corrected chi connectivity index (χ2v) is 14.1. The van der Waals surface area contributed by atoms with Gasteiger partial charge in [-0.25, -0.2) is 9.97 Å². The Morgan fingerprint density at radius 3 is 1.62 bits per heavy atom. The third kappa shape index (κ3) is 5.13. The van der Waals surface area contributed by atoms with E-state index in [-0.39, 0.29) is 0 Å². The fourth-order valence-electron chi connectivity index (χ4n) is 8.46. The maximum atomic E-state index is 5.27. The first kappa shape index (κ1) is 31.2. The zero-order valence-electron chi connectivity index (χ0n) is 29.9. The zero-order chi connectivity index (χ0) is 36.3. The van der Waals surface area contributed by atoms with Crippen LogP contribution in [0, 0.1) is 0 Å². The molecule has 0 unspecified atom stereocenters. The highest BCUT2D eigenvalue weighted by Crippen LogP contribution is 2.43. The number of para-hydroxylation sites is 2. The Labute approximate surface area is 318 Å². The van der Waals surface area contributed by atoms with Gasteiger partial charge in [-0.3, -0.25) is 0 Å². The molecule has 9 aromatic carbocycles. The molecule has 256 valence electrons. The Bertz CT molecular complexity index is 3180. The van der Waals surface area contributed by atoms with Gasteiger partial charge >= 0.3 is 0 Å². The summed E-state index contributed by atoms with van der Waals surface area (Å²) in [5.74, 6) is 0.713. The molecule has 11 aromatic rings. The molecule has 0 aliphatic heterocycles. The maximum absolute atomic E-state index is 5.27. The van der Waals surface area contributed by atoms with Crippen molar-refractivity contribution in [2.75, 3.05) is 0 Å². The second kappa shape index (κ2) is 12.6. The summed E-state index contributed by atoms with van der Waals surface area (Å²) >= 11 is 0. The summed E-state index contributed by atoms with van der Waals surface area (Å²) in [6, 6.07) is 71.5. The fourth-order valence-corrected chi connectivity index (χ4v) is 8.46. The average molecular weight is 700 g/mol. The van der Waals surface area contributed by atoms with Gasteiger partial charge in [0.1, 0.15) is 0 Å². The molecule has 2 heterocycles. The minimum Gasteiger partial charge on any atom is -0.309 e. The molecule has 3 nitrogen and oxygen atoms in total. The van der Waals surface area contributed by atoms with Crippen molar-refractivity contribution in [3.05, 3.63) is 200 Å². The van der Waals surface area contributed by atoms with Crippen molar-refractivity contribution in [2.45, 2.75) is 0 Å². The standard InChI is InChI=1S/C52H33N3/c1-4-15-34(16-5-1)47-33-48(54-52(53-47)35-17-6-2-7-18-35)45-25-14-24-43-39-21-10-11-22-40(39)46-31-36(28-30-44(46)51(43)45)37-27-29-42-41-23-12-13-26-49(41)55(50(42)32-37)38-19-8-3-9-20-38/h1-33H. The average Bonchev–Trinajstić information content (AvgIpc) is 3.60. The van der Waals surface area contributed by atoms with E-state index in [2.05, 4.69) is 180 Å². The lowest BCUT2D eigenvalue weighted by molar-refractivity contribution is 1.18. The highest BCUT2D eigenvalue weighted by Gasteiger charge is 2.18. The van der Waals surface area contributed by atoms with Crippen LogP contribution in [-0.2, 0) is 0 Å². The van der Waals surface area contributed by atoms with E-state index in [1.807, 2.05) is 24.3 Å². The van der Waals surface area contributed by atoms with Crippen LogP contribution in [0.15, 0.2) is 200 Å². The van der Waals surface area contributed by atoms with Crippen LogP contribution < -0.4 is 0 Å². The Morgan fingerprint density at radius 1 is 0.309 bits per heavy atom. The van der Waals surface area contributed by atoms with Crippen LogP contribution >= 0.6 is 0 Å². The highest BCUT2D eigenvalue weighted by atomic mass is 15.0. The van der Waals surface area contributed by atoms with Gasteiger partial charge in [-0.1, -0.05) is 164 Å². The summed E-state index contributed by atoms with van der Waals surface area (Å²) in [4.78, 5) is 10.4. The molecule has 0 aliphatic carbocycles. The van der Waals surface area contributed by atoms with E-state index in [0.29, 0.717) is 5.82 Å². The van der Waals surface area contributed by atoms with E-state index in [0.717, 1.165) is 33.8 Å². The summed E-state index contributed by atoms with van der Waals surface area (Å²) in [6.07, 6.45) is 0. The van der Waals surface area contributed by atoms with Gasteiger partial charge < -0.3 is 4.57 Å². The van der Waals surface area contributed by atoms with Crippen molar-refractivity contribution < 1.29 is 0 Å². The molecule has 0 radical (unpaired) electrons. The number of benzene rings is 9. The third-order valence-corrected chi connectivity index (χ3v) is 11.0. The second-order valence-electron chi connectivity index (χ2n) is 14.1. The van der Waals surface area contributed by atoms with Gasteiger partial charge in [-0.15, -0.1) is 0 Å². The van der Waals surface area contributed by atoms with E-state index in [4.69, 9.17) is 9.97 Å². The molecule has 2 aromatic heterocycles. The SMILES string of the molecule is c1ccc(-c2cc(-c3cccc4c5ccccc5c5cc(-c6ccc7c8ccccc8n(-c8ccccc8)c7c6)ccc5c34)nc(-c3ccccc3)n2)cc1. The molecule has 0 amide bonds. The van der Waals surface area contributed by atoms with E-state index >= 15 is 0 Å². The molecule has 0 N–H and O–H groups in total. The predicted molar refractivity (Wildman–Crippen MR) is 231 cm³/mol. The van der Waals surface area contributed by atoms with Gasteiger partial charge in [0.15, 0.2) is 5.82 Å². The van der Waals surface area contributed by atoms with E-state index in [9.17, 15) is 0 Å². The minimum absolute atomic E-state index is 0.713. The van der Waals surface area contributed by atoms with Crippen molar-refractivity contribution in [1.29, 1.82) is 0 Å². The molecule has 0 spiro atoms. The van der Waals surface area contributed by atoms with Crippen molar-refractivity contribution >= 4 is 54.1 Å². The molecule has 0 atom stereocenters. The number of rotatable bonds is 5. The summed E-state index contributed by atoms with van der Waals surface area (Å²) in [7, 11) is 0. The number of hydrogen-bond acceptors (Lipinski definition) is 2. The Kier molecular flexibility index (Phi) is 7.17. The lowest BCUT2D eigenvalue weighted by Gasteiger charge is -2.16. The fraction of sp³-hybridized carbons (Fsp3) is 0. The largest absolute Gasteiger partial charge is 0.309 e. The zero-order valence-corrected chi connectivity index (χ0v) is 29.9. The van der Waals surface area contributed by atoms with Crippen LogP contribution in [0.25, 0.3) is 105 Å². The Balaban J connectivity index is 1.16. The molecule has 0 bridgehead atoms. The third-order valence-electron chi connectivity index (χ3n) is 11.0. The molecular formula is C52H33N3. The minimum atomic E-state index is 0.713. The van der Waals surface area contributed by atoms with Gasteiger partial charge in [0.05, 0.1) is 22.4 Å². The monoisotopic (exact) mass is 699 g/mol. The van der Waals surface area contributed by atoms with Crippen molar-refractivity contribution in [1.82, 2.24) is 14.5 Å². The van der Waals surface area contributed by atoms with Crippen molar-refractivity contribution in [3.8, 4) is 50.7 Å². The van der Waals surface area contributed by atoms with Crippen LogP contribution in [0.3, 0.4) is 0 Å². The van der Waals surface area contributed by atoms with Gasteiger partial charge in [0.25, 0.3) is 0 Å². The topological polar surface area (TPSA) is 30.7 Å². The summed E-state index contributed by atoms with van der Waals surface area (Å²) in [6.45, 7) is 0.